The zero-order valence-corrected chi connectivity index (χ0v) is 15.5. The Labute approximate surface area is 167 Å². The molecule has 0 bridgehead atoms. The number of carbonyl (C=O) groups excluding carboxylic acids is 3. The third-order valence-corrected chi connectivity index (χ3v) is 5.44. The van der Waals surface area contributed by atoms with Gasteiger partial charge >= 0.3 is 11.8 Å². The summed E-state index contributed by atoms with van der Waals surface area (Å²) >= 11 is 0. The number of hydrogen-bond donors (Lipinski definition) is 3. The van der Waals surface area contributed by atoms with Crippen LogP contribution in [0, 0.1) is 5.82 Å². The maximum absolute atomic E-state index is 13.8. The van der Waals surface area contributed by atoms with Crippen LogP contribution in [0.1, 0.15) is 11.1 Å². The molecular formula is C20H15FN4O5. The van der Waals surface area contributed by atoms with E-state index in [1.54, 1.807) is 18.2 Å². The van der Waals surface area contributed by atoms with Gasteiger partial charge in [0.2, 0.25) is 5.91 Å². The molecule has 1 saturated heterocycles. The highest BCUT2D eigenvalue weighted by Gasteiger charge is 2.49. The molecule has 5 rings (SSSR count). The van der Waals surface area contributed by atoms with E-state index in [2.05, 4.69) is 16.0 Å². The number of nitrogens with zero attached hydrogens (tertiary/aromatic N) is 1. The van der Waals surface area contributed by atoms with Crippen molar-refractivity contribution >= 4 is 34.6 Å². The first-order chi connectivity index (χ1) is 14.3. The Morgan fingerprint density at radius 3 is 2.73 bits per heavy atom. The fourth-order valence-electron chi connectivity index (χ4n) is 4.08. The van der Waals surface area contributed by atoms with Crippen LogP contribution in [-0.2, 0) is 29.0 Å². The number of fused-ring (bicyclic) bond motifs is 2. The fourth-order valence-corrected chi connectivity index (χ4v) is 4.08. The lowest BCUT2D eigenvalue weighted by Gasteiger charge is -2.18. The molecule has 2 aromatic carbocycles. The largest absolute Gasteiger partial charge is 0.420 e. The number of urea groups is 1. The van der Waals surface area contributed by atoms with Crippen LogP contribution in [0.5, 0.6) is 0 Å². The van der Waals surface area contributed by atoms with Crippen molar-refractivity contribution in [3.8, 4) is 0 Å². The van der Waals surface area contributed by atoms with Gasteiger partial charge in [0.15, 0.2) is 11.4 Å². The summed E-state index contributed by atoms with van der Waals surface area (Å²) in [6.07, 6.45) is 0.685. The zero-order chi connectivity index (χ0) is 21.0. The number of imide groups is 1. The number of rotatable bonds is 3. The second-order valence-electron chi connectivity index (χ2n) is 7.42. The minimum absolute atomic E-state index is 0.189. The summed E-state index contributed by atoms with van der Waals surface area (Å²) < 4.78 is 19.7. The van der Waals surface area contributed by atoms with Gasteiger partial charge in [0, 0.05) is 18.5 Å². The zero-order valence-electron chi connectivity index (χ0n) is 15.5. The van der Waals surface area contributed by atoms with Crippen molar-refractivity contribution in [3.63, 3.8) is 0 Å². The Bertz CT molecular complexity index is 1310. The first-order valence-corrected chi connectivity index (χ1v) is 9.18. The summed E-state index contributed by atoms with van der Waals surface area (Å²) in [6, 6.07) is 8.76. The smallest absolute Gasteiger partial charge is 0.405 e. The van der Waals surface area contributed by atoms with Gasteiger partial charge in [-0.3, -0.25) is 19.5 Å². The van der Waals surface area contributed by atoms with E-state index in [-0.39, 0.29) is 23.6 Å². The molecule has 152 valence electrons. The van der Waals surface area contributed by atoms with Crippen LogP contribution in [0.2, 0.25) is 0 Å². The van der Waals surface area contributed by atoms with Crippen molar-refractivity contribution in [3.05, 3.63) is 63.9 Å². The molecular weight excluding hydrogens is 395 g/mol. The third-order valence-electron chi connectivity index (χ3n) is 5.44. The van der Waals surface area contributed by atoms with E-state index in [4.69, 9.17) is 4.42 Å². The molecule has 1 atom stereocenters. The van der Waals surface area contributed by atoms with E-state index in [0.29, 0.717) is 18.5 Å². The van der Waals surface area contributed by atoms with E-state index in [9.17, 15) is 23.6 Å². The van der Waals surface area contributed by atoms with Crippen LogP contribution in [0.4, 0.5) is 14.9 Å². The van der Waals surface area contributed by atoms with Crippen LogP contribution >= 0.6 is 0 Å². The predicted molar refractivity (Wildman–Crippen MR) is 102 cm³/mol. The lowest BCUT2D eigenvalue weighted by Crippen LogP contribution is -2.47. The third kappa shape index (κ3) is 2.76. The second-order valence-corrected chi connectivity index (χ2v) is 7.42. The van der Waals surface area contributed by atoms with Crippen LogP contribution in [0.25, 0.3) is 11.1 Å². The molecule has 0 radical (unpaired) electrons. The van der Waals surface area contributed by atoms with Gasteiger partial charge in [-0.1, -0.05) is 12.1 Å². The van der Waals surface area contributed by atoms with Gasteiger partial charge in [0.25, 0.3) is 5.91 Å². The normalized spacial score (nSPS) is 19.8. The number of carbonyl (C=O) groups is 3. The lowest BCUT2D eigenvalue weighted by molar-refractivity contribution is -0.123. The van der Waals surface area contributed by atoms with Gasteiger partial charge in [-0.05, 0) is 35.4 Å². The Kier molecular flexibility index (Phi) is 3.79. The minimum Gasteiger partial charge on any atom is -0.405 e. The van der Waals surface area contributed by atoms with Crippen molar-refractivity contribution in [2.45, 2.75) is 24.9 Å². The van der Waals surface area contributed by atoms with Crippen molar-refractivity contribution in [2.24, 2.45) is 0 Å². The number of hydrogen-bond acceptors (Lipinski definition) is 5. The van der Waals surface area contributed by atoms with Gasteiger partial charge in [-0.15, -0.1) is 0 Å². The van der Waals surface area contributed by atoms with Crippen LogP contribution in [0.3, 0.4) is 0 Å². The topological polar surface area (TPSA) is 122 Å². The lowest BCUT2D eigenvalue weighted by atomic mass is 9.96. The molecule has 1 aliphatic heterocycles. The Morgan fingerprint density at radius 1 is 1.17 bits per heavy atom. The molecule has 30 heavy (non-hydrogen) atoms. The van der Waals surface area contributed by atoms with Gasteiger partial charge in [0.05, 0.1) is 5.52 Å². The minimum atomic E-state index is -0.991. The molecule has 1 aliphatic carbocycles. The highest BCUT2D eigenvalue weighted by molar-refractivity contribution is 6.08. The summed E-state index contributed by atoms with van der Waals surface area (Å²) in [5.74, 6) is -2.38. The molecule has 2 heterocycles. The molecule has 1 fully saturated rings. The molecule has 1 unspecified atom stereocenters. The molecule has 3 N–H and O–H groups in total. The Balaban J connectivity index is 1.35. The van der Waals surface area contributed by atoms with Crippen LogP contribution < -0.4 is 21.7 Å². The van der Waals surface area contributed by atoms with E-state index < -0.39 is 29.1 Å². The predicted octanol–water partition coefficient (Wildman–Crippen LogP) is 1.05. The second kappa shape index (κ2) is 6.28. The number of anilines is 1. The monoisotopic (exact) mass is 410 g/mol. The molecule has 3 aromatic rings. The molecule has 9 nitrogen and oxygen atoms in total. The van der Waals surface area contributed by atoms with Crippen molar-refractivity contribution in [1.82, 2.24) is 15.2 Å². The van der Waals surface area contributed by atoms with E-state index in [0.717, 1.165) is 15.7 Å². The Morgan fingerprint density at radius 2 is 1.97 bits per heavy atom. The first-order valence-electron chi connectivity index (χ1n) is 9.18. The van der Waals surface area contributed by atoms with Crippen LogP contribution in [0.15, 0.2) is 45.6 Å². The number of para-hydroxylation sites is 1. The maximum Gasteiger partial charge on any atom is 0.420 e. The number of oxazole rings is 1. The van der Waals surface area contributed by atoms with Crippen molar-refractivity contribution in [2.75, 3.05) is 5.32 Å². The molecule has 1 aromatic heterocycles. The number of benzene rings is 2. The average molecular weight is 410 g/mol. The Hall–Kier alpha value is -3.95. The van der Waals surface area contributed by atoms with Gasteiger partial charge < -0.3 is 15.1 Å². The number of aromatic nitrogens is 1. The van der Waals surface area contributed by atoms with Gasteiger partial charge in [0.1, 0.15) is 12.1 Å². The highest BCUT2D eigenvalue weighted by Crippen LogP contribution is 2.34. The SMILES string of the molecule is O=C(Cn1c(=O)oc2c(F)cccc21)Nc1ccc2c(c1)CC1(C2)NC(=O)NC1=O. The van der Waals surface area contributed by atoms with Gasteiger partial charge in [-0.2, -0.15) is 0 Å². The average Bonchev–Trinajstić information content (AvgIpc) is 3.29. The van der Waals surface area contributed by atoms with Gasteiger partial charge in [-0.25, -0.2) is 14.0 Å². The molecule has 2 aliphatic rings. The number of nitrogens with one attached hydrogen (secondary N) is 3. The summed E-state index contributed by atoms with van der Waals surface area (Å²) in [6.45, 7) is -0.352. The summed E-state index contributed by atoms with van der Waals surface area (Å²) in [7, 11) is 0. The molecule has 10 heteroatoms. The van der Waals surface area contributed by atoms with Crippen molar-refractivity contribution < 1.29 is 23.2 Å². The molecule has 4 amide bonds. The summed E-state index contributed by atoms with van der Waals surface area (Å²) in [5.41, 5.74) is 1.21. The van der Waals surface area contributed by atoms with E-state index >= 15 is 0 Å². The number of halogens is 1. The molecule has 0 saturated carbocycles. The van der Waals surface area contributed by atoms with Crippen LogP contribution in [-0.4, -0.2) is 28.0 Å². The summed E-state index contributed by atoms with van der Waals surface area (Å²) in [5, 5.41) is 7.62. The molecule has 1 spiro atoms. The van der Waals surface area contributed by atoms with E-state index in [1.807, 2.05) is 0 Å². The van der Waals surface area contributed by atoms with E-state index in [1.165, 1.54) is 18.2 Å². The fraction of sp³-hybridized carbons (Fsp3) is 0.200. The number of amides is 4. The maximum atomic E-state index is 13.8. The quantitative estimate of drug-likeness (QED) is 0.557. The summed E-state index contributed by atoms with van der Waals surface area (Å²) in [4.78, 5) is 48.1. The van der Waals surface area contributed by atoms with Crippen molar-refractivity contribution in [1.29, 1.82) is 0 Å². The highest BCUT2D eigenvalue weighted by atomic mass is 19.1. The standard InChI is InChI=1S/C20H15FN4O5/c21-13-2-1-3-14-16(13)30-19(29)25(14)9-15(26)22-12-5-4-10-7-20(8-11(10)6-12)17(27)23-18(28)24-20/h1-6H,7-9H2,(H,22,26)(H2,23,24,27,28). The first kappa shape index (κ1) is 18.1.